The van der Waals surface area contributed by atoms with Gasteiger partial charge in [0.05, 0.1) is 5.03 Å². The van der Waals surface area contributed by atoms with Crippen molar-refractivity contribution in [2.75, 3.05) is 5.73 Å². The SMILES string of the molecule is C=C(CC)/C(Cl)=C(/NC(C)c1ccc(C(C)(C)C)cc1)n1ncnc1N. The first kappa shape index (κ1) is 20.0. The number of anilines is 1. The number of rotatable bonds is 6. The lowest BCUT2D eigenvalue weighted by atomic mass is 9.86. The average Bonchev–Trinajstić information content (AvgIpc) is 3.03. The van der Waals surface area contributed by atoms with Crippen LogP contribution < -0.4 is 11.1 Å². The van der Waals surface area contributed by atoms with Gasteiger partial charge >= 0.3 is 0 Å². The lowest BCUT2D eigenvalue weighted by Crippen LogP contribution is -2.24. The van der Waals surface area contributed by atoms with E-state index in [4.69, 9.17) is 17.3 Å². The standard InChI is InChI=1S/C20H28ClN5/c1-7-13(2)17(21)18(26-19(22)23-12-24-26)25-14(3)15-8-10-16(11-9-15)20(4,5)6/h8-12,14,25H,2,7H2,1,3-6H3,(H2,22,23,24)/b18-17+. The zero-order chi connectivity index (χ0) is 19.5. The van der Waals surface area contributed by atoms with Crippen LogP contribution in [0, 0.1) is 0 Å². The van der Waals surface area contributed by atoms with Crippen molar-refractivity contribution < 1.29 is 0 Å². The molecule has 0 fully saturated rings. The Kier molecular flexibility index (Phi) is 6.13. The first-order chi connectivity index (χ1) is 12.1. The largest absolute Gasteiger partial charge is 0.368 e. The second-order valence-electron chi connectivity index (χ2n) is 7.39. The zero-order valence-corrected chi connectivity index (χ0v) is 16.9. The van der Waals surface area contributed by atoms with Gasteiger partial charge in [0.25, 0.3) is 0 Å². The Morgan fingerprint density at radius 2 is 1.92 bits per heavy atom. The molecule has 5 nitrogen and oxygen atoms in total. The van der Waals surface area contributed by atoms with Gasteiger partial charge in [-0.25, -0.2) is 0 Å². The van der Waals surface area contributed by atoms with Crippen molar-refractivity contribution in [3.8, 4) is 0 Å². The summed E-state index contributed by atoms with van der Waals surface area (Å²) in [6.07, 6.45) is 2.13. The highest BCUT2D eigenvalue weighted by Gasteiger charge is 2.18. The predicted molar refractivity (Wildman–Crippen MR) is 110 cm³/mol. The number of halogens is 1. The summed E-state index contributed by atoms with van der Waals surface area (Å²) in [5, 5.41) is 8.10. The van der Waals surface area contributed by atoms with Crippen molar-refractivity contribution in [2.45, 2.75) is 52.5 Å². The van der Waals surface area contributed by atoms with Gasteiger partial charge in [-0.2, -0.15) is 14.8 Å². The topological polar surface area (TPSA) is 68.8 Å². The Morgan fingerprint density at radius 3 is 2.38 bits per heavy atom. The molecule has 0 saturated carbocycles. The summed E-state index contributed by atoms with van der Waals surface area (Å²) in [4.78, 5) is 3.99. The summed E-state index contributed by atoms with van der Waals surface area (Å²) in [5.41, 5.74) is 9.29. The van der Waals surface area contributed by atoms with Crippen LogP contribution in [0.4, 0.5) is 5.95 Å². The zero-order valence-electron chi connectivity index (χ0n) is 16.2. The minimum atomic E-state index is 0.000949. The summed E-state index contributed by atoms with van der Waals surface area (Å²) >= 11 is 6.55. The Hall–Kier alpha value is -2.27. The van der Waals surface area contributed by atoms with Gasteiger partial charge in [-0.15, -0.1) is 0 Å². The number of nitrogens with one attached hydrogen (secondary N) is 1. The summed E-state index contributed by atoms with van der Waals surface area (Å²) in [7, 11) is 0. The molecular formula is C20H28ClN5. The summed E-state index contributed by atoms with van der Waals surface area (Å²) in [5.74, 6) is 0.853. The maximum atomic E-state index is 6.55. The highest BCUT2D eigenvalue weighted by atomic mass is 35.5. The van der Waals surface area contributed by atoms with E-state index in [2.05, 4.69) is 73.9 Å². The van der Waals surface area contributed by atoms with E-state index in [0.717, 1.165) is 17.6 Å². The van der Waals surface area contributed by atoms with Crippen molar-refractivity contribution in [1.29, 1.82) is 0 Å². The molecule has 1 aromatic carbocycles. The number of benzene rings is 1. The molecular weight excluding hydrogens is 346 g/mol. The van der Waals surface area contributed by atoms with Crippen molar-refractivity contribution in [3.05, 3.63) is 58.9 Å². The predicted octanol–water partition coefficient (Wildman–Crippen LogP) is 4.84. The van der Waals surface area contributed by atoms with Gasteiger partial charge in [-0.05, 0) is 35.5 Å². The van der Waals surface area contributed by atoms with Crippen molar-refractivity contribution in [2.24, 2.45) is 0 Å². The van der Waals surface area contributed by atoms with Crippen molar-refractivity contribution >= 4 is 23.4 Å². The lowest BCUT2D eigenvalue weighted by Gasteiger charge is -2.23. The summed E-state index contributed by atoms with van der Waals surface area (Å²) in [6, 6.07) is 8.58. The molecule has 0 aliphatic carbocycles. The molecule has 0 bridgehead atoms. The Morgan fingerprint density at radius 1 is 1.31 bits per heavy atom. The minimum absolute atomic E-state index is 0.000949. The molecule has 1 atom stereocenters. The number of nitrogens with zero attached hydrogens (tertiary/aromatic N) is 3. The third-order valence-corrected chi connectivity index (χ3v) is 4.81. The van der Waals surface area contributed by atoms with E-state index < -0.39 is 0 Å². The van der Waals surface area contributed by atoms with Gasteiger partial charge < -0.3 is 11.1 Å². The molecule has 0 saturated heterocycles. The van der Waals surface area contributed by atoms with Gasteiger partial charge in [0.15, 0.2) is 5.82 Å². The van der Waals surface area contributed by atoms with Crippen LogP contribution >= 0.6 is 11.6 Å². The maximum absolute atomic E-state index is 6.55. The number of aromatic nitrogens is 3. The number of allylic oxidation sites excluding steroid dienone is 2. The highest BCUT2D eigenvalue weighted by Crippen LogP contribution is 2.27. The smallest absolute Gasteiger partial charge is 0.224 e. The lowest BCUT2D eigenvalue weighted by molar-refractivity contribution is 0.588. The van der Waals surface area contributed by atoms with E-state index in [1.165, 1.54) is 16.6 Å². The molecule has 140 valence electrons. The third-order valence-electron chi connectivity index (χ3n) is 4.36. The van der Waals surface area contributed by atoms with Crippen LogP contribution in [0.15, 0.2) is 47.8 Å². The molecule has 0 aliphatic heterocycles. The van der Waals surface area contributed by atoms with Crippen LogP contribution in [0.2, 0.25) is 0 Å². The van der Waals surface area contributed by atoms with Crippen LogP contribution in [-0.4, -0.2) is 14.8 Å². The Labute approximate surface area is 161 Å². The Bertz CT molecular complexity index is 796. The summed E-state index contributed by atoms with van der Waals surface area (Å²) in [6.45, 7) is 14.7. The molecule has 0 radical (unpaired) electrons. The molecule has 3 N–H and O–H groups in total. The fourth-order valence-electron chi connectivity index (χ4n) is 2.52. The molecule has 0 aliphatic rings. The van der Waals surface area contributed by atoms with E-state index in [9.17, 15) is 0 Å². The van der Waals surface area contributed by atoms with Crippen LogP contribution in [-0.2, 0) is 5.41 Å². The Balaban J connectivity index is 2.34. The number of nitrogens with two attached hydrogens (primary N) is 1. The van der Waals surface area contributed by atoms with Crippen LogP contribution in [0.1, 0.15) is 58.2 Å². The fraction of sp³-hybridized carbons (Fsp3) is 0.400. The normalized spacial score (nSPS) is 13.9. The number of hydrogen-bond donors (Lipinski definition) is 2. The molecule has 2 aromatic rings. The minimum Gasteiger partial charge on any atom is -0.368 e. The quantitative estimate of drug-likeness (QED) is 0.711. The maximum Gasteiger partial charge on any atom is 0.224 e. The van der Waals surface area contributed by atoms with Gasteiger partial charge in [0.2, 0.25) is 5.95 Å². The van der Waals surface area contributed by atoms with Gasteiger partial charge in [0.1, 0.15) is 6.33 Å². The van der Waals surface area contributed by atoms with Crippen LogP contribution in [0.3, 0.4) is 0 Å². The van der Waals surface area contributed by atoms with E-state index in [-0.39, 0.29) is 17.4 Å². The van der Waals surface area contributed by atoms with Crippen LogP contribution in [0.5, 0.6) is 0 Å². The monoisotopic (exact) mass is 373 g/mol. The highest BCUT2D eigenvalue weighted by molar-refractivity contribution is 6.34. The summed E-state index contributed by atoms with van der Waals surface area (Å²) < 4.78 is 1.50. The van der Waals surface area contributed by atoms with E-state index in [1.807, 2.05) is 6.92 Å². The number of hydrogen-bond acceptors (Lipinski definition) is 4. The van der Waals surface area contributed by atoms with Gasteiger partial charge in [-0.1, -0.05) is 70.1 Å². The molecule has 1 heterocycles. The molecule has 0 spiro atoms. The second kappa shape index (κ2) is 7.96. The fourth-order valence-corrected chi connectivity index (χ4v) is 2.79. The molecule has 1 unspecified atom stereocenters. The van der Waals surface area contributed by atoms with Crippen molar-refractivity contribution in [3.63, 3.8) is 0 Å². The molecule has 0 amide bonds. The second-order valence-corrected chi connectivity index (χ2v) is 7.77. The van der Waals surface area contributed by atoms with Crippen molar-refractivity contribution in [1.82, 2.24) is 20.1 Å². The number of nitrogen functional groups attached to an aromatic ring is 1. The first-order valence-electron chi connectivity index (χ1n) is 8.76. The molecule has 26 heavy (non-hydrogen) atoms. The van der Waals surface area contributed by atoms with E-state index in [0.29, 0.717) is 10.9 Å². The van der Waals surface area contributed by atoms with Crippen LogP contribution in [0.25, 0.3) is 5.82 Å². The van der Waals surface area contributed by atoms with Gasteiger partial charge in [-0.3, -0.25) is 0 Å². The molecule has 6 heteroatoms. The van der Waals surface area contributed by atoms with E-state index >= 15 is 0 Å². The van der Waals surface area contributed by atoms with E-state index in [1.54, 1.807) is 0 Å². The third kappa shape index (κ3) is 4.47. The average molecular weight is 374 g/mol. The first-order valence-corrected chi connectivity index (χ1v) is 9.13. The molecule has 1 aromatic heterocycles. The van der Waals surface area contributed by atoms with Gasteiger partial charge in [0, 0.05) is 6.04 Å². The molecule has 2 rings (SSSR count).